The van der Waals surface area contributed by atoms with Crippen LogP contribution in [0.1, 0.15) is 31.5 Å². The fourth-order valence-corrected chi connectivity index (χ4v) is 2.48. The number of hydrogen-bond donors (Lipinski definition) is 1. The maximum atomic E-state index is 5.53. The van der Waals surface area contributed by atoms with E-state index in [0.29, 0.717) is 12.1 Å². The van der Waals surface area contributed by atoms with Crippen molar-refractivity contribution in [2.75, 3.05) is 6.61 Å². The lowest BCUT2D eigenvalue weighted by atomic mass is 10.0. The molecule has 0 saturated carbocycles. The summed E-state index contributed by atoms with van der Waals surface area (Å²) in [4.78, 5) is 3.09. The number of imidazole rings is 1. The first kappa shape index (κ1) is 9.93. The standard InChI is InChI=1S/C10H16N2OS/c1-7-6-11-10(14)12(7)9-3-4-13-8(2)5-9/h6,8-9H,3-5H2,1-2H3,(H,11,14). The van der Waals surface area contributed by atoms with E-state index in [2.05, 4.69) is 23.4 Å². The van der Waals surface area contributed by atoms with Gasteiger partial charge in [0.2, 0.25) is 0 Å². The van der Waals surface area contributed by atoms with Crippen molar-refractivity contribution in [1.29, 1.82) is 0 Å². The van der Waals surface area contributed by atoms with Gasteiger partial charge in [-0.2, -0.15) is 0 Å². The highest BCUT2D eigenvalue weighted by molar-refractivity contribution is 7.71. The molecule has 3 nitrogen and oxygen atoms in total. The van der Waals surface area contributed by atoms with E-state index in [9.17, 15) is 0 Å². The highest BCUT2D eigenvalue weighted by Crippen LogP contribution is 2.26. The molecule has 1 fully saturated rings. The summed E-state index contributed by atoms with van der Waals surface area (Å²) >= 11 is 5.26. The van der Waals surface area contributed by atoms with E-state index in [0.717, 1.165) is 24.2 Å². The van der Waals surface area contributed by atoms with Gasteiger partial charge in [-0.05, 0) is 38.9 Å². The lowest BCUT2D eigenvalue weighted by Crippen LogP contribution is -2.26. The number of aromatic nitrogens is 2. The number of hydrogen-bond acceptors (Lipinski definition) is 2. The van der Waals surface area contributed by atoms with Gasteiger partial charge in [0.05, 0.1) is 6.10 Å². The minimum atomic E-state index is 0.352. The molecule has 1 aromatic rings. The van der Waals surface area contributed by atoms with Crippen molar-refractivity contribution in [3.8, 4) is 0 Å². The molecular weight excluding hydrogens is 196 g/mol. The first-order valence-electron chi connectivity index (χ1n) is 5.06. The molecule has 0 spiro atoms. The van der Waals surface area contributed by atoms with E-state index in [1.165, 1.54) is 5.69 Å². The van der Waals surface area contributed by atoms with Gasteiger partial charge < -0.3 is 14.3 Å². The minimum absolute atomic E-state index is 0.352. The molecule has 78 valence electrons. The van der Waals surface area contributed by atoms with Crippen molar-refractivity contribution >= 4 is 12.2 Å². The molecule has 2 rings (SSSR count). The molecule has 0 radical (unpaired) electrons. The average Bonchev–Trinajstić information content (AvgIpc) is 2.46. The zero-order chi connectivity index (χ0) is 10.1. The number of H-pyrrole nitrogens is 1. The van der Waals surface area contributed by atoms with Crippen molar-refractivity contribution in [3.63, 3.8) is 0 Å². The summed E-state index contributed by atoms with van der Waals surface area (Å²) < 4.78 is 8.58. The summed E-state index contributed by atoms with van der Waals surface area (Å²) in [6.07, 6.45) is 4.46. The third kappa shape index (κ3) is 1.77. The van der Waals surface area contributed by atoms with E-state index in [-0.39, 0.29) is 0 Å². The van der Waals surface area contributed by atoms with Gasteiger partial charge in [-0.1, -0.05) is 0 Å². The number of nitrogens with zero attached hydrogens (tertiary/aromatic N) is 1. The van der Waals surface area contributed by atoms with Gasteiger partial charge in [0.15, 0.2) is 4.77 Å². The topological polar surface area (TPSA) is 29.9 Å². The summed E-state index contributed by atoms with van der Waals surface area (Å²) in [6.45, 7) is 5.06. The molecule has 2 unspecified atom stereocenters. The average molecular weight is 212 g/mol. The fraction of sp³-hybridized carbons (Fsp3) is 0.700. The third-order valence-corrected chi connectivity index (χ3v) is 3.14. The van der Waals surface area contributed by atoms with Gasteiger partial charge in [-0.3, -0.25) is 0 Å². The second-order valence-electron chi connectivity index (χ2n) is 3.96. The van der Waals surface area contributed by atoms with Gasteiger partial charge in [0.1, 0.15) is 0 Å². The van der Waals surface area contributed by atoms with Crippen LogP contribution in [-0.2, 0) is 4.74 Å². The summed E-state index contributed by atoms with van der Waals surface area (Å²) in [5.41, 5.74) is 1.22. The molecule has 0 bridgehead atoms. The van der Waals surface area contributed by atoms with Crippen molar-refractivity contribution in [2.45, 2.75) is 38.8 Å². The molecule has 0 aromatic carbocycles. The molecule has 2 atom stereocenters. The van der Waals surface area contributed by atoms with Gasteiger partial charge in [-0.15, -0.1) is 0 Å². The Hall–Kier alpha value is -0.610. The lowest BCUT2D eigenvalue weighted by Gasteiger charge is -2.29. The molecule has 2 heterocycles. The SMILES string of the molecule is Cc1c[nH]c(=S)n1C1CCOC(C)C1. The first-order valence-corrected chi connectivity index (χ1v) is 5.47. The van der Waals surface area contributed by atoms with Gasteiger partial charge in [0, 0.05) is 24.5 Å². The van der Waals surface area contributed by atoms with E-state index in [1.807, 2.05) is 6.20 Å². The Morgan fingerprint density at radius 1 is 1.64 bits per heavy atom. The summed E-state index contributed by atoms with van der Waals surface area (Å²) in [5.74, 6) is 0. The number of rotatable bonds is 1. The number of ether oxygens (including phenoxy) is 1. The molecule has 1 aromatic heterocycles. The van der Waals surface area contributed by atoms with E-state index >= 15 is 0 Å². The molecule has 1 aliphatic rings. The Balaban J connectivity index is 2.26. The van der Waals surface area contributed by atoms with Gasteiger partial charge in [-0.25, -0.2) is 0 Å². The van der Waals surface area contributed by atoms with Crippen molar-refractivity contribution < 1.29 is 4.74 Å². The van der Waals surface area contributed by atoms with Crippen LogP contribution in [0, 0.1) is 11.7 Å². The van der Waals surface area contributed by atoms with E-state index in [1.54, 1.807) is 0 Å². The van der Waals surface area contributed by atoms with Crippen LogP contribution < -0.4 is 0 Å². The highest BCUT2D eigenvalue weighted by atomic mass is 32.1. The Kier molecular flexibility index (Phi) is 2.74. The molecule has 1 saturated heterocycles. The van der Waals surface area contributed by atoms with Crippen LogP contribution in [0.5, 0.6) is 0 Å². The van der Waals surface area contributed by atoms with Crippen LogP contribution in [0.2, 0.25) is 0 Å². The highest BCUT2D eigenvalue weighted by Gasteiger charge is 2.22. The Morgan fingerprint density at radius 3 is 3.00 bits per heavy atom. The smallest absolute Gasteiger partial charge is 0.177 e. The molecule has 14 heavy (non-hydrogen) atoms. The summed E-state index contributed by atoms with van der Waals surface area (Å²) in [5, 5.41) is 0. The molecule has 0 aliphatic carbocycles. The number of nitrogens with one attached hydrogen (secondary N) is 1. The summed E-state index contributed by atoms with van der Waals surface area (Å²) in [6, 6.07) is 0.512. The number of aromatic amines is 1. The minimum Gasteiger partial charge on any atom is -0.378 e. The quantitative estimate of drug-likeness (QED) is 0.725. The van der Waals surface area contributed by atoms with E-state index in [4.69, 9.17) is 17.0 Å². The van der Waals surface area contributed by atoms with Crippen LogP contribution in [0.3, 0.4) is 0 Å². The van der Waals surface area contributed by atoms with Crippen LogP contribution in [0.15, 0.2) is 6.20 Å². The van der Waals surface area contributed by atoms with Crippen LogP contribution in [-0.4, -0.2) is 22.3 Å². The monoisotopic (exact) mass is 212 g/mol. The first-order chi connectivity index (χ1) is 6.68. The van der Waals surface area contributed by atoms with Crippen molar-refractivity contribution in [3.05, 3.63) is 16.7 Å². The van der Waals surface area contributed by atoms with Crippen LogP contribution in [0.4, 0.5) is 0 Å². The predicted octanol–water partition coefficient (Wildman–Crippen LogP) is 2.59. The molecule has 1 aliphatic heterocycles. The molecule has 1 N–H and O–H groups in total. The van der Waals surface area contributed by atoms with Crippen molar-refractivity contribution in [1.82, 2.24) is 9.55 Å². The molecule has 0 amide bonds. The van der Waals surface area contributed by atoms with Crippen LogP contribution in [0.25, 0.3) is 0 Å². The second kappa shape index (κ2) is 3.87. The van der Waals surface area contributed by atoms with Crippen molar-refractivity contribution in [2.24, 2.45) is 0 Å². The maximum absolute atomic E-state index is 5.53. The zero-order valence-corrected chi connectivity index (χ0v) is 9.43. The van der Waals surface area contributed by atoms with E-state index < -0.39 is 0 Å². The molecule has 4 heteroatoms. The van der Waals surface area contributed by atoms with Gasteiger partial charge in [0.25, 0.3) is 0 Å². The maximum Gasteiger partial charge on any atom is 0.177 e. The zero-order valence-electron chi connectivity index (χ0n) is 8.62. The lowest BCUT2D eigenvalue weighted by molar-refractivity contribution is 0.00535. The van der Waals surface area contributed by atoms with Crippen LogP contribution >= 0.6 is 12.2 Å². The second-order valence-corrected chi connectivity index (χ2v) is 4.35. The Morgan fingerprint density at radius 2 is 2.43 bits per heavy atom. The largest absolute Gasteiger partial charge is 0.378 e. The number of aryl methyl sites for hydroxylation is 1. The normalized spacial score (nSPS) is 27.9. The Labute approximate surface area is 89.1 Å². The Bertz CT molecular complexity index is 368. The molecular formula is C10H16N2OS. The predicted molar refractivity (Wildman–Crippen MR) is 58.0 cm³/mol. The summed E-state index contributed by atoms with van der Waals surface area (Å²) in [7, 11) is 0. The fourth-order valence-electron chi connectivity index (χ4n) is 2.13. The van der Waals surface area contributed by atoms with Gasteiger partial charge >= 0.3 is 0 Å². The third-order valence-electron chi connectivity index (χ3n) is 2.83.